The standard InChI is InChI=1S/C4H8O3.Na/c5-3-1-2-4(6)7;/h5H,1-3H2,(H,6,7);/q;+1/p-1/i1D2,2D2,3D2;. The average Bonchev–Trinajstić information content (AvgIpc) is 1.84. The van der Waals surface area contributed by atoms with E-state index < -0.39 is 25.3 Å². The van der Waals surface area contributed by atoms with Crippen LogP contribution in [0.25, 0.3) is 0 Å². The van der Waals surface area contributed by atoms with E-state index in [9.17, 15) is 9.90 Å². The summed E-state index contributed by atoms with van der Waals surface area (Å²) in [5, 5.41) is 18.7. The molecule has 42 valence electrons. The molecule has 0 radical (unpaired) electrons. The fraction of sp³-hybridized carbons (Fsp3) is 0.750. The average molecular weight is 132 g/mol. The molecule has 0 bridgehead atoms. The van der Waals surface area contributed by atoms with Crippen LogP contribution in [0.2, 0.25) is 0 Å². The van der Waals surface area contributed by atoms with Crippen molar-refractivity contribution in [1.82, 2.24) is 0 Å². The van der Waals surface area contributed by atoms with E-state index in [4.69, 9.17) is 13.3 Å². The fourth-order valence-corrected chi connectivity index (χ4v) is 0.0790. The molecule has 0 aromatic carbocycles. The fourth-order valence-electron chi connectivity index (χ4n) is 0.0790. The van der Waals surface area contributed by atoms with Crippen molar-refractivity contribution in [3.63, 3.8) is 0 Å². The summed E-state index contributed by atoms with van der Waals surface area (Å²) < 4.78 is 39.9. The molecule has 0 spiro atoms. The van der Waals surface area contributed by atoms with Gasteiger partial charge < -0.3 is 15.0 Å². The van der Waals surface area contributed by atoms with Crippen LogP contribution in [0.4, 0.5) is 0 Å². The minimum absolute atomic E-state index is 0. The Balaban J connectivity index is 0. The van der Waals surface area contributed by atoms with E-state index in [1.54, 1.807) is 0 Å². The second-order valence-electron chi connectivity index (χ2n) is 0.649. The number of aliphatic hydroxyl groups is 1. The van der Waals surface area contributed by atoms with Crippen molar-refractivity contribution in [2.24, 2.45) is 0 Å². The number of hydrogen-bond donors (Lipinski definition) is 1. The van der Waals surface area contributed by atoms with Crippen LogP contribution < -0.4 is 34.7 Å². The van der Waals surface area contributed by atoms with E-state index in [0.29, 0.717) is 0 Å². The van der Waals surface area contributed by atoms with Gasteiger partial charge in [-0.1, -0.05) is 0 Å². The van der Waals surface area contributed by atoms with E-state index in [-0.39, 0.29) is 29.6 Å². The Morgan fingerprint density at radius 1 is 1.88 bits per heavy atom. The number of carbonyl (C=O) groups excluding carboxylic acids is 1. The first-order chi connectivity index (χ1) is 5.44. The molecule has 3 nitrogen and oxygen atoms in total. The van der Waals surface area contributed by atoms with Gasteiger partial charge in [0.2, 0.25) is 0 Å². The van der Waals surface area contributed by atoms with Crippen LogP contribution >= 0.6 is 0 Å². The van der Waals surface area contributed by atoms with E-state index >= 15 is 0 Å². The van der Waals surface area contributed by atoms with Crippen LogP contribution in [-0.4, -0.2) is 17.6 Å². The Labute approximate surface area is 78.4 Å². The first-order valence-electron chi connectivity index (χ1n) is 4.38. The second kappa shape index (κ2) is 7.43. The summed E-state index contributed by atoms with van der Waals surface area (Å²) in [5.74, 6) is -2.42. The Morgan fingerprint density at radius 2 is 2.38 bits per heavy atom. The van der Waals surface area contributed by atoms with Crippen molar-refractivity contribution in [1.29, 1.82) is 0 Å². The van der Waals surface area contributed by atoms with Crippen molar-refractivity contribution in [2.75, 3.05) is 6.56 Å². The third-order valence-electron chi connectivity index (χ3n) is 0.220. The van der Waals surface area contributed by atoms with Crippen molar-refractivity contribution >= 4 is 5.97 Å². The van der Waals surface area contributed by atoms with Gasteiger partial charge in [0.05, 0.1) is 2.74 Å². The summed E-state index contributed by atoms with van der Waals surface area (Å²) in [6.45, 7) is -3.60. The number of hydrogen-bond acceptors (Lipinski definition) is 3. The Kier molecular flexibility index (Phi) is 2.80. The Morgan fingerprint density at radius 3 is 2.50 bits per heavy atom. The predicted octanol–water partition coefficient (Wildman–Crippen LogP) is -4.49. The van der Waals surface area contributed by atoms with Crippen LogP contribution in [0.3, 0.4) is 0 Å². The van der Waals surface area contributed by atoms with Crippen molar-refractivity contribution in [3.05, 3.63) is 0 Å². The molecule has 0 saturated carbocycles. The zero-order valence-electron chi connectivity index (χ0n) is 10.3. The third kappa shape index (κ3) is 9.66. The minimum Gasteiger partial charge on any atom is -0.550 e. The van der Waals surface area contributed by atoms with Crippen molar-refractivity contribution < 1.29 is 52.8 Å². The summed E-state index contributed by atoms with van der Waals surface area (Å²) in [6.07, 6.45) is -7.19. The van der Waals surface area contributed by atoms with Gasteiger partial charge in [-0.15, -0.1) is 0 Å². The first-order valence-corrected chi connectivity index (χ1v) is 1.38. The maximum Gasteiger partial charge on any atom is 1.00 e. The molecular weight excluding hydrogens is 119 g/mol. The van der Waals surface area contributed by atoms with E-state index in [0.717, 1.165) is 0 Å². The second-order valence-corrected chi connectivity index (χ2v) is 0.649. The van der Waals surface area contributed by atoms with Gasteiger partial charge in [-0.25, -0.2) is 0 Å². The number of carboxylic acids is 1. The Bertz CT molecular complexity index is 224. The summed E-state index contributed by atoms with van der Waals surface area (Å²) in [5.41, 5.74) is 0. The molecule has 0 saturated heterocycles. The molecule has 4 heteroatoms. The molecule has 0 heterocycles. The summed E-state index contributed by atoms with van der Waals surface area (Å²) in [4.78, 5) is 10.1. The maximum absolute atomic E-state index is 10.1. The summed E-state index contributed by atoms with van der Waals surface area (Å²) in [7, 11) is 0. The van der Waals surface area contributed by atoms with Gasteiger partial charge in [0.1, 0.15) is 0 Å². The molecule has 0 aliphatic rings. The van der Waals surface area contributed by atoms with Gasteiger partial charge >= 0.3 is 29.6 Å². The third-order valence-corrected chi connectivity index (χ3v) is 0.220. The molecule has 8 heavy (non-hydrogen) atoms. The molecule has 0 atom stereocenters. The van der Waals surface area contributed by atoms with Crippen LogP contribution in [0, 0.1) is 0 Å². The zero-order valence-corrected chi connectivity index (χ0v) is 6.26. The molecule has 0 aliphatic heterocycles. The first kappa shape index (κ1) is 3.01. The molecule has 0 rings (SSSR count). The molecule has 0 aliphatic carbocycles. The number of aliphatic carboxylic acids is 1. The van der Waals surface area contributed by atoms with Gasteiger partial charge in [0.25, 0.3) is 0 Å². The Hall–Kier alpha value is 0.430. The monoisotopic (exact) mass is 132 g/mol. The van der Waals surface area contributed by atoms with Crippen LogP contribution in [0.1, 0.15) is 21.0 Å². The maximum atomic E-state index is 10.1. The van der Waals surface area contributed by atoms with Gasteiger partial charge in [-0.2, -0.15) is 0 Å². The van der Waals surface area contributed by atoms with Gasteiger partial charge in [-0.3, -0.25) is 0 Å². The normalized spacial score (nSPS) is 24.1. The summed E-state index contributed by atoms with van der Waals surface area (Å²) >= 11 is 0. The molecule has 0 aromatic heterocycles. The SMILES string of the molecule is [2H]C([2H])(O)C([2H])([2H])C([2H])([2H])C(=O)[O-].[Na+]. The number of carbonyl (C=O) groups is 1. The molecule has 0 unspecified atom stereocenters. The molecule has 0 amide bonds. The number of rotatable bonds is 3. The van der Waals surface area contributed by atoms with Crippen LogP contribution in [0.5, 0.6) is 0 Å². The van der Waals surface area contributed by atoms with Crippen LogP contribution in [-0.2, 0) is 4.79 Å². The molecule has 0 aromatic rings. The smallest absolute Gasteiger partial charge is 0.550 e. The zero-order chi connectivity index (χ0) is 11.1. The van der Waals surface area contributed by atoms with Gasteiger partial charge in [0.15, 0.2) is 0 Å². The van der Waals surface area contributed by atoms with E-state index in [1.807, 2.05) is 0 Å². The van der Waals surface area contributed by atoms with Crippen LogP contribution in [0.15, 0.2) is 0 Å². The number of carboxylic acid groups (broad SMARTS) is 1. The molecule has 0 fully saturated rings. The quantitative estimate of drug-likeness (QED) is 0.394. The summed E-state index contributed by atoms with van der Waals surface area (Å²) in [6, 6.07) is 0. The van der Waals surface area contributed by atoms with Gasteiger partial charge in [-0.05, 0) is 12.7 Å². The topological polar surface area (TPSA) is 60.4 Å². The van der Waals surface area contributed by atoms with Crippen molar-refractivity contribution in [2.45, 2.75) is 12.7 Å². The van der Waals surface area contributed by atoms with Crippen molar-refractivity contribution in [3.8, 4) is 0 Å². The van der Waals surface area contributed by atoms with E-state index in [1.165, 1.54) is 0 Å². The largest absolute Gasteiger partial charge is 1.00 e. The van der Waals surface area contributed by atoms with E-state index in [2.05, 4.69) is 0 Å². The molecule has 1 N–H and O–H groups in total. The predicted molar refractivity (Wildman–Crippen MR) is 21.3 cm³/mol. The van der Waals surface area contributed by atoms with Gasteiger partial charge in [0, 0.05) is 18.0 Å². The molecular formula is C4H7NaO3. The minimum atomic E-state index is -3.61.